The van der Waals surface area contributed by atoms with Crippen LogP contribution >= 0.6 is 0 Å². The molecule has 1 unspecified atom stereocenters. The maximum absolute atomic E-state index is 12.2. The Kier molecular flexibility index (Phi) is 3.58. The van der Waals surface area contributed by atoms with Crippen LogP contribution < -0.4 is 0 Å². The van der Waals surface area contributed by atoms with Gasteiger partial charge in [0.2, 0.25) is 0 Å². The predicted octanol–water partition coefficient (Wildman–Crippen LogP) is 0.729. The van der Waals surface area contributed by atoms with Crippen molar-refractivity contribution >= 4 is 5.91 Å². The minimum atomic E-state index is -0.0520. The largest absolute Gasteiger partial charge is 0.336 e. The van der Waals surface area contributed by atoms with E-state index in [2.05, 4.69) is 9.88 Å². The second-order valence-electron chi connectivity index (χ2n) is 4.70. The van der Waals surface area contributed by atoms with Gasteiger partial charge in [0.25, 0.3) is 5.91 Å². The minimum absolute atomic E-state index is 0.0520. The Labute approximate surface area is 107 Å². The topological polar surface area (TPSA) is 60.2 Å². The quantitative estimate of drug-likeness (QED) is 0.769. The summed E-state index contributed by atoms with van der Waals surface area (Å²) in [7, 11) is 4.05. The lowest BCUT2D eigenvalue weighted by Gasteiger charge is -2.20. The molecule has 0 aromatic carbocycles. The van der Waals surface area contributed by atoms with Crippen molar-refractivity contribution in [3.8, 4) is 6.07 Å². The van der Waals surface area contributed by atoms with Crippen molar-refractivity contribution in [1.82, 2.24) is 14.8 Å². The van der Waals surface area contributed by atoms with E-state index in [1.807, 2.05) is 25.1 Å². The van der Waals surface area contributed by atoms with Crippen LogP contribution in [0.5, 0.6) is 0 Å². The van der Waals surface area contributed by atoms with Crippen molar-refractivity contribution in [2.24, 2.45) is 0 Å². The molecular formula is C13H16N4O. The zero-order valence-electron chi connectivity index (χ0n) is 10.6. The first kappa shape index (κ1) is 12.5. The monoisotopic (exact) mass is 244 g/mol. The third kappa shape index (κ3) is 2.49. The summed E-state index contributed by atoms with van der Waals surface area (Å²) in [6.45, 7) is 1.51. The normalized spacial score (nSPS) is 19.0. The molecule has 1 aromatic heterocycles. The van der Waals surface area contributed by atoms with Gasteiger partial charge in [-0.1, -0.05) is 0 Å². The molecule has 1 aliphatic heterocycles. The summed E-state index contributed by atoms with van der Waals surface area (Å²) in [4.78, 5) is 20.2. The summed E-state index contributed by atoms with van der Waals surface area (Å²) in [5.74, 6) is -0.0520. The lowest BCUT2D eigenvalue weighted by atomic mass is 10.2. The summed E-state index contributed by atoms with van der Waals surface area (Å²) in [6, 6.07) is 5.65. The number of carbonyl (C=O) groups excluding carboxylic acids is 1. The Morgan fingerprint density at radius 3 is 2.83 bits per heavy atom. The summed E-state index contributed by atoms with van der Waals surface area (Å²) in [5, 5.41) is 8.68. The molecule has 2 rings (SSSR count). The molecule has 1 aromatic rings. The molecule has 2 heterocycles. The number of hydrogen-bond donors (Lipinski definition) is 0. The molecular weight excluding hydrogens is 228 g/mol. The van der Waals surface area contributed by atoms with Gasteiger partial charge in [0.1, 0.15) is 11.8 Å². The first-order valence-electron chi connectivity index (χ1n) is 5.93. The maximum atomic E-state index is 12.2. The highest BCUT2D eigenvalue weighted by Gasteiger charge is 2.28. The number of carbonyl (C=O) groups is 1. The Balaban J connectivity index is 2.06. The van der Waals surface area contributed by atoms with Gasteiger partial charge in [-0.2, -0.15) is 5.26 Å². The van der Waals surface area contributed by atoms with E-state index in [4.69, 9.17) is 5.26 Å². The van der Waals surface area contributed by atoms with E-state index >= 15 is 0 Å². The standard InChI is InChI=1S/C13H16N4O/c1-16(2)11-5-6-17(9-11)13(18)12-4-3-10(7-14)8-15-12/h3-4,8,11H,5-6,9H2,1-2H3. The van der Waals surface area contributed by atoms with E-state index in [0.29, 0.717) is 17.3 Å². The Hall–Kier alpha value is -1.93. The predicted molar refractivity (Wildman–Crippen MR) is 66.9 cm³/mol. The second-order valence-corrected chi connectivity index (χ2v) is 4.70. The van der Waals surface area contributed by atoms with Crippen LogP contribution in [-0.4, -0.2) is 53.9 Å². The highest BCUT2D eigenvalue weighted by atomic mass is 16.2. The zero-order chi connectivity index (χ0) is 13.1. The van der Waals surface area contributed by atoms with Crippen LogP contribution in [0.2, 0.25) is 0 Å². The van der Waals surface area contributed by atoms with Crippen LogP contribution in [0.25, 0.3) is 0 Å². The molecule has 5 nitrogen and oxygen atoms in total. The van der Waals surface area contributed by atoms with Crippen molar-refractivity contribution in [2.45, 2.75) is 12.5 Å². The fraction of sp³-hybridized carbons (Fsp3) is 0.462. The van der Waals surface area contributed by atoms with Gasteiger partial charge < -0.3 is 9.80 Å². The molecule has 0 saturated carbocycles. The molecule has 18 heavy (non-hydrogen) atoms. The molecule has 1 atom stereocenters. The van der Waals surface area contributed by atoms with Gasteiger partial charge in [0, 0.05) is 25.3 Å². The molecule has 94 valence electrons. The number of likely N-dealkylation sites (tertiary alicyclic amines) is 1. The van der Waals surface area contributed by atoms with Crippen LogP contribution in [0.15, 0.2) is 18.3 Å². The number of likely N-dealkylation sites (N-methyl/N-ethyl adjacent to an activating group) is 1. The van der Waals surface area contributed by atoms with Crippen LogP contribution in [0, 0.1) is 11.3 Å². The molecule has 0 N–H and O–H groups in total. The summed E-state index contributed by atoms with van der Waals surface area (Å²) in [5.41, 5.74) is 0.882. The smallest absolute Gasteiger partial charge is 0.272 e. The summed E-state index contributed by atoms with van der Waals surface area (Å²) < 4.78 is 0. The summed E-state index contributed by atoms with van der Waals surface area (Å²) in [6.07, 6.45) is 2.43. The van der Waals surface area contributed by atoms with E-state index in [0.717, 1.165) is 19.5 Å². The van der Waals surface area contributed by atoms with Crippen LogP contribution in [0.3, 0.4) is 0 Å². The van der Waals surface area contributed by atoms with Gasteiger partial charge >= 0.3 is 0 Å². The number of rotatable bonds is 2. The van der Waals surface area contributed by atoms with Crippen LogP contribution in [-0.2, 0) is 0 Å². The third-order valence-electron chi connectivity index (χ3n) is 3.29. The number of aromatic nitrogens is 1. The third-order valence-corrected chi connectivity index (χ3v) is 3.29. The minimum Gasteiger partial charge on any atom is -0.336 e. The maximum Gasteiger partial charge on any atom is 0.272 e. The van der Waals surface area contributed by atoms with E-state index < -0.39 is 0 Å². The lowest BCUT2D eigenvalue weighted by Crippen LogP contribution is -2.34. The molecule has 5 heteroatoms. The average molecular weight is 244 g/mol. The van der Waals surface area contributed by atoms with Crippen molar-refractivity contribution in [3.63, 3.8) is 0 Å². The first-order valence-corrected chi connectivity index (χ1v) is 5.93. The Morgan fingerprint density at radius 1 is 1.56 bits per heavy atom. The molecule has 0 radical (unpaired) electrons. The molecule has 1 saturated heterocycles. The lowest BCUT2D eigenvalue weighted by molar-refractivity contribution is 0.0777. The first-order chi connectivity index (χ1) is 8.61. The van der Waals surface area contributed by atoms with Crippen LogP contribution in [0.1, 0.15) is 22.5 Å². The van der Waals surface area contributed by atoms with Gasteiger partial charge in [0.05, 0.1) is 5.56 Å². The van der Waals surface area contributed by atoms with Gasteiger partial charge in [-0.25, -0.2) is 4.98 Å². The van der Waals surface area contributed by atoms with Crippen LogP contribution in [0.4, 0.5) is 0 Å². The molecule has 0 spiro atoms. The van der Waals surface area contributed by atoms with Gasteiger partial charge in [-0.05, 0) is 32.6 Å². The number of nitrogens with zero attached hydrogens (tertiary/aromatic N) is 4. The number of nitriles is 1. The SMILES string of the molecule is CN(C)C1CCN(C(=O)c2ccc(C#N)cn2)C1. The fourth-order valence-corrected chi connectivity index (χ4v) is 2.10. The van der Waals surface area contributed by atoms with E-state index in [1.165, 1.54) is 6.20 Å². The van der Waals surface area contributed by atoms with Crippen molar-refractivity contribution in [2.75, 3.05) is 27.2 Å². The van der Waals surface area contributed by atoms with Gasteiger partial charge in [0.15, 0.2) is 0 Å². The number of amides is 1. The van der Waals surface area contributed by atoms with E-state index in [1.54, 1.807) is 12.1 Å². The second kappa shape index (κ2) is 5.15. The number of hydrogen-bond acceptors (Lipinski definition) is 4. The zero-order valence-corrected chi connectivity index (χ0v) is 10.6. The molecule has 0 bridgehead atoms. The van der Waals surface area contributed by atoms with Crippen molar-refractivity contribution < 1.29 is 4.79 Å². The Morgan fingerprint density at radius 2 is 2.33 bits per heavy atom. The molecule has 0 aliphatic carbocycles. The van der Waals surface area contributed by atoms with E-state index in [-0.39, 0.29) is 5.91 Å². The van der Waals surface area contributed by atoms with Gasteiger partial charge in [-0.3, -0.25) is 4.79 Å². The summed E-state index contributed by atoms with van der Waals surface area (Å²) >= 11 is 0. The highest BCUT2D eigenvalue weighted by Crippen LogP contribution is 2.15. The van der Waals surface area contributed by atoms with Gasteiger partial charge in [-0.15, -0.1) is 0 Å². The molecule has 1 fully saturated rings. The molecule has 1 aliphatic rings. The van der Waals surface area contributed by atoms with Crippen molar-refractivity contribution in [1.29, 1.82) is 5.26 Å². The Bertz CT molecular complexity index is 475. The molecule has 1 amide bonds. The average Bonchev–Trinajstić information content (AvgIpc) is 2.88. The van der Waals surface area contributed by atoms with E-state index in [9.17, 15) is 4.79 Å². The number of pyridine rings is 1. The highest BCUT2D eigenvalue weighted by molar-refractivity contribution is 5.92. The van der Waals surface area contributed by atoms with Crippen molar-refractivity contribution in [3.05, 3.63) is 29.6 Å². The fourth-order valence-electron chi connectivity index (χ4n) is 2.10.